The number of hydrogen-bond acceptors (Lipinski definition) is 3. The second-order valence-corrected chi connectivity index (χ2v) is 6.46. The third kappa shape index (κ3) is 2.29. The number of methoxy groups -OCH3 is 1. The molecule has 7 heteroatoms. The molecule has 1 saturated carbocycles. The van der Waals surface area contributed by atoms with Gasteiger partial charge in [-0.15, -0.1) is 0 Å². The van der Waals surface area contributed by atoms with Gasteiger partial charge in [-0.3, -0.25) is 4.79 Å². The summed E-state index contributed by atoms with van der Waals surface area (Å²) in [6.07, 6.45) is -4.17. The Bertz CT molecular complexity index is 647. The molecule has 0 unspecified atom stereocenters. The van der Waals surface area contributed by atoms with Gasteiger partial charge in [0.1, 0.15) is 5.75 Å². The monoisotopic (exact) mass is 328 g/mol. The molecule has 2 aliphatic rings. The van der Waals surface area contributed by atoms with Gasteiger partial charge in [0.2, 0.25) is 0 Å². The number of fused-ring (bicyclic) bond motifs is 1. The minimum Gasteiger partial charge on any atom is -0.496 e. The zero-order valence-corrected chi connectivity index (χ0v) is 13.0. The number of nitrogens with one attached hydrogen (secondary N) is 2. The van der Waals surface area contributed by atoms with Crippen LogP contribution in [0.2, 0.25) is 0 Å². The summed E-state index contributed by atoms with van der Waals surface area (Å²) in [4.78, 5) is 12.3. The smallest absolute Gasteiger partial charge is 0.396 e. The second-order valence-electron chi connectivity index (χ2n) is 6.46. The molecule has 1 aliphatic carbocycles. The minimum absolute atomic E-state index is 0.0228. The van der Waals surface area contributed by atoms with Gasteiger partial charge in [0.25, 0.3) is 5.91 Å². The Hall–Kier alpha value is -1.76. The number of carbonyl (C=O) groups excluding carboxylic acids is 1. The molecule has 126 valence electrons. The molecule has 0 bridgehead atoms. The molecule has 1 aromatic carbocycles. The van der Waals surface area contributed by atoms with Crippen LogP contribution in [0.15, 0.2) is 18.2 Å². The molecule has 1 aliphatic heterocycles. The van der Waals surface area contributed by atoms with Gasteiger partial charge in [0.05, 0.1) is 12.5 Å². The maximum absolute atomic E-state index is 13.3. The first kappa shape index (κ1) is 16.1. The van der Waals surface area contributed by atoms with E-state index in [0.717, 1.165) is 0 Å². The number of carbonyl (C=O) groups is 1. The molecule has 4 nitrogen and oxygen atoms in total. The van der Waals surface area contributed by atoms with Crippen LogP contribution in [0.4, 0.5) is 13.2 Å². The molecule has 0 spiro atoms. The number of ether oxygens (including phenoxy) is 1. The molecule has 2 N–H and O–H groups in total. The number of rotatable bonds is 4. The van der Waals surface area contributed by atoms with E-state index in [4.69, 9.17) is 4.74 Å². The zero-order chi connectivity index (χ0) is 16.9. The molecule has 0 aromatic heterocycles. The topological polar surface area (TPSA) is 50.4 Å². The quantitative estimate of drug-likeness (QED) is 0.891. The molecule has 1 saturated heterocycles. The Kier molecular flexibility index (Phi) is 3.59. The van der Waals surface area contributed by atoms with Gasteiger partial charge in [0, 0.05) is 36.2 Å². The Morgan fingerprint density at radius 1 is 1.39 bits per heavy atom. The summed E-state index contributed by atoms with van der Waals surface area (Å²) in [6, 6.07) is 5.07. The summed E-state index contributed by atoms with van der Waals surface area (Å²) in [5.74, 6) is 0.208. The van der Waals surface area contributed by atoms with Crippen molar-refractivity contribution < 1.29 is 22.7 Å². The number of amides is 1. The normalized spacial score (nSPS) is 29.1. The van der Waals surface area contributed by atoms with Gasteiger partial charge >= 0.3 is 6.18 Å². The average Bonchev–Trinajstić information content (AvgIpc) is 3.02. The summed E-state index contributed by atoms with van der Waals surface area (Å²) in [5, 5.41) is 5.49. The van der Waals surface area contributed by atoms with Crippen LogP contribution >= 0.6 is 0 Å². The Balaban J connectivity index is 1.72. The van der Waals surface area contributed by atoms with E-state index in [9.17, 15) is 18.0 Å². The highest BCUT2D eigenvalue weighted by atomic mass is 19.4. The van der Waals surface area contributed by atoms with Crippen molar-refractivity contribution in [2.24, 2.45) is 10.8 Å². The first-order chi connectivity index (χ1) is 10.8. The van der Waals surface area contributed by atoms with E-state index in [1.165, 1.54) is 7.11 Å². The van der Waals surface area contributed by atoms with E-state index in [1.807, 2.05) is 0 Å². The molecule has 0 radical (unpaired) electrons. The minimum atomic E-state index is -4.24. The lowest BCUT2D eigenvalue weighted by molar-refractivity contribution is -0.190. The van der Waals surface area contributed by atoms with Crippen molar-refractivity contribution in [2.45, 2.75) is 19.5 Å². The fraction of sp³-hybridized carbons (Fsp3) is 0.562. The Morgan fingerprint density at radius 2 is 2.13 bits per heavy atom. The van der Waals surface area contributed by atoms with Crippen LogP contribution in [0, 0.1) is 17.8 Å². The van der Waals surface area contributed by atoms with Crippen LogP contribution < -0.4 is 15.4 Å². The molecule has 1 heterocycles. The number of hydrogen-bond donors (Lipinski definition) is 2. The molecule has 3 rings (SSSR count). The third-order valence-electron chi connectivity index (χ3n) is 5.30. The van der Waals surface area contributed by atoms with Gasteiger partial charge in [-0.05, 0) is 25.5 Å². The van der Waals surface area contributed by atoms with Crippen LogP contribution in [-0.4, -0.2) is 38.8 Å². The second kappa shape index (κ2) is 5.12. The number of benzene rings is 1. The molecule has 1 aromatic rings. The van der Waals surface area contributed by atoms with E-state index in [0.29, 0.717) is 16.9 Å². The summed E-state index contributed by atoms with van der Waals surface area (Å²) < 4.78 is 45.0. The zero-order valence-electron chi connectivity index (χ0n) is 13.0. The molecule has 1 amide bonds. The third-order valence-corrected chi connectivity index (χ3v) is 5.30. The van der Waals surface area contributed by atoms with Gasteiger partial charge in [0.15, 0.2) is 0 Å². The lowest BCUT2D eigenvalue weighted by Gasteiger charge is -2.21. The van der Waals surface area contributed by atoms with Crippen LogP contribution in [0.3, 0.4) is 0 Å². The van der Waals surface area contributed by atoms with Crippen molar-refractivity contribution in [2.75, 3.05) is 26.7 Å². The number of halogens is 3. The lowest BCUT2D eigenvalue weighted by Crippen LogP contribution is -2.37. The van der Waals surface area contributed by atoms with Crippen molar-refractivity contribution in [1.82, 2.24) is 10.6 Å². The molecular weight excluding hydrogens is 309 g/mol. The predicted octanol–water partition coefficient (Wildman–Crippen LogP) is 2.28. The summed E-state index contributed by atoms with van der Waals surface area (Å²) in [6.45, 7) is 1.99. The maximum Gasteiger partial charge on any atom is 0.396 e. The van der Waals surface area contributed by atoms with E-state index >= 15 is 0 Å². The highest BCUT2D eigenvalue weighted by Crippen LogP contribution is 2.72. The van der Waals surface area contributed by atoms with Gasteiger partial charge in [-0.25, -0.2) is 0 Å². The molecule has 2 fully saturated rings. The van der Waals surface area contributed by atoms with E-state index in [2.05, 4.69) is 10.6 Å². The largest absolute Gasteiger partial charge is 0.496 e. The van der Waals surface area contributed by atoms with Crippen molar-refractivity contribution >= 4 is 5.91 Å². The first-order valence-electron chi connectivity index (χ1n) is 7.46. The SMILES string of the molecule is COc1cccc(C(=O)NC[C@@]23CNC[C@]2(C(F)(F)F)C3)c1C. The maximum atomic E-state index is 13.3. The van der Waals surface area contributed by atoms with Gasteiger partial charge in [-0.1, -0.05) is 6.07 Å². The molecular formula is C16H19F3N2O2. The highest BCUT2D eigenvalue weighted by molar-refractivity contribution is 5.96. The van der Waals surface area contributed by atoms with E-state index < -0.39 is 17.0 Å². The highest BCUT2D eigenvalue weighted by Gasteiger charge is 2.81. The fourth-order valence-electron chi connectivity index (χ4n) is 3.75. The van der Waals surface area contributed by atoms with Gasteiger partial charge in [-0.2, -0.15) is 13.2 Å². The number of alkyl halides is 3. The Morgan fingerprint density at radius 3 is 2.74 bits per heavy atom. The van der Waals surface area contributed by atoms with Crippen molar-refractivity contribution in [3.63, 3.8) is 0 Å². The first-order valence-corrected chi connectivity index (χ1v) is 7.46. The number of piperidine rings is 1. The van der Waals surface area contributed by atoms with Crippen LogP contribution in [0.25, 0.3) is 0 Å². The van der Waals surface area contributed by atoms with Crippen LogP contribution in [-0.2, 0) is 0 Å². The van der Waals surface area contributed by atoms with Crippen LogP contribution in [0.5, 0.6) is 5.75 Å². The summed E-state index contributed by atoms with van der Waals surface area (Å²) >= 11 is 0. The van der Waals surface area contributed by atoms with Gasteiger partial charge < -0.3 is 15.4 Å². The lowest BCUT2D eigenvalue weighted by atomic mass is 9.95. The van der Waals surface area contributed by atoms with Crippen LogP contribution in [0.1, 0.15) is 22.3 Å². The fourth-order valence-corrected chi connectivity index (χ4v) is 3.75. The van der Waals surface area contributed by atoms with Crippen molar-refractivity contribution in [1.29, 1.82) is 0 Å². The standard InChI is InChI=1S/C16H19F3N2O2/c1-10-11(4-3-5-12(10)23-2)13(22)21-8-14-6-15(14,9-20-7-14)16(17,18)19/h3-5,20H,6-9H2,1-2H3,(H,21,22)/t14-,15-/m1/s1. The summed E-state index contributed by atoms with van der Waals surface area (Å²) in [7, 11) is 1.51. The summed E-state index contributed by atoms with van der Waals surface area (Å²) in [5.41, 5.74) is -1.50. The Labute approximate surface area is 132 Å². The van der Waals surface area contributed by atoms with Crippen molar-refractivity contribution in [3.05, 3.63) is 29.3 Å². The molecule has 2 atom stereocenters. The predicted molar refractivity (Wildman–Crippen MR) is 78.5 cm³/mol. The molecule has 23 heavy (non-hydrogen) atoms. The van der Waals surface area contributed by atoms with E-state index in [-0.39, 0.29) is 32.0 Å². The van der Waals surface area contributed by atoms with Crippen molar-refractivity contribution in [3.8, 4) is 5.75 Å². The average molecular weight is 328 g/mol. The van der Waals surface area contributed by atoms with E-state index in [1.54, 1.807) is 25.1 Å².